The van der Waals surface area contributed by atoms with Crippen LogP contribution in [0, 0.1) is 19.8 Å². The summed E-state index contributed by atoms with van der Waals surface area (Å²) in [6.07, 6.45) is 1.53. The Labute approximate surface area is 198 Å². The van der Waals surface area contributed by atoms with Crippen molar-refractivity contribution in [1.29, 1.82) is 0 Å². The largest absolute Gasteiger partial charge is 0.383 e. The molecule has 0 aliphatic rings. The van der Waals surface area contributed by atoms with Gasteiger partial charge in [-0.15, -0.1) is 0 Å². The molecule has 10 nitrogen and oxygen atoms in total. The van der Waals surface area contributed by atoms with E-state index in [9.17, 15) is 14.4 Å². The summed E-state index contributed by atoms with van der Waals surface area (Å²) in [7, 11) is 1.64. The fraction of sp³-hybridized carbons (Fsp3) is 0.636. The van der Waals surface area contributed by atoms with Crippen LogP contribution < -0.4 is 21.9 Å². The molecule has 2 heterocycles. The number of hydrogen-bond acceptors (Lipinski definition) is 7. The van der Waals surface area contributed by atoms with Gasteiger partial charge in [-0.2, -0.15) is 0 Å². The van der Waals surface area contributed by atoms with Gasteiger partial charge in [0, 0.05) is 32.4 Å². The summed E-state index contributed by atoms with van der Waals surface area (Å²) in [6, 6.07) is 0. The lowest BCUT2D eigenvalue weighted by Crippen LogP contribution is -2.42. The lowest BCUT2D eigenvalue weighted by molar-refractivity contribution is -0.116. The molecule has 2 aromatic heterocycles. The summed E-state index contributed by atoms with van der Waals surface area (Å²) < 4.78 is 8.54. The Hall–Kier alpha value is -2.53. The second kappa shape index (κ2) is 12.1. The fourth-order valence-electron chi connectivity index (χ4n) is 3.45. The van der Waals surface area contributed by atoms with E-state index >= 15 is 0 Å². The number of methoxy groups -OCH3 is 1. The van der Waals surface area contributed by atoms with Crippen LogP contribution in [0.25, 0.3) is 0 Å². The number of carbonyl (C=O) groups is 1. The number of aryl methyl sites for hydroxylation is 1. The van der Waals surface area contributed by atoms with Crippen LogP contribution in [0.15, 0.2) is 14.7 Å². The minimum Gasteiger partial charge on any atom is -0.383 e. The van der Waals surface area contributed by atoms with Gasteiger partial charge >= 0.3 is 5.69 Å². The van der Waals surface area contributed by atoms with Crippen LogP contribution in [0.1, 0.15) is 45.0 Å². The molecule has 184 valence electrons. The molecule has 0 atom stereocenters. The van der Waals surface area contributed by atoms with Crippen LogP contribution in [0.4, 0.5) is 11.5 Å². The number of nitrogens with zero attached hydrogens (tertiary/aromatic N) is 4. The number of aromatic nitrogens is 4. The predicted molar refractivity (Wildman–Crippen MR) is 132 cm³/mol. The maximum atomic E-state index is 13.3. The topological polar surface area (TPSA) is 128 Å². The highest BCUT2D eigenvalue weighted by atomic mass is 32.2. The quantitative estimate of drug-likeness (QED) is 0.446. The van der Waals surface area contributed by atoms with Crippen molar-refractivity contribution in [3.63, 3.8) is 0 Å². The van der Waals surface area contributed by atoms with Crippen LogP contribution in [0.3, 0.4) is 0 Å². The smallest absolute Gasteiger partial charge is 0.330 e. The maximum absolute atomic E-state index is 13.3. The number of imidazole rings is 1. The van der Waals surface area contributed by atoms with Crippen molar-refractivity contribution in [2.75, 3.05) is 36.6 Å². The third kappa shape index (κ3) is 6.50. The van der Waals surface area contributed by atoms with Crippen molar-refractivity contribution in [3.05, 3.63) is 32.2 Å². The van der Waals surface area contributed by atoms with Gasteiger partial charge in [0.05, 0.1) is 18.1 Å². The first-order valence-corrected chi connectivity index (χ1v) is 12.2. The number of nitrogens with two attached hydrogens (primary N) is 1. The lowest BCUT2D eigenvalue weighted by atomic mass is 10.2. The number of ether oxygens (including phenoxy) is 1. The van der Waals surface area contributed by atoms with Crippen molar-refractivity contribution in [2.24, 2.45) is 5.92 Å². The van der Waals surface area contributed by atoms with E-state index in [0.717, 1.165) is 23.0 Å². The number of hydrogen-bond donors (Lipinski definition) is 2. The molecular formula is C22H36N6O4S. The molecule has 0 aromatic carbocycles. The number of H-pyrrole nitrogens is 1. The van der Waals surface area contributed by atoms with Gasteiger partial charge in [-0.05, 0) is 26.2 Å². The second-order valence-electron chi connectivity index (χ2n) is 8.39. The number of rotatable bonds is 12. The van der Waals surface area contributed by atoms with Crippen LogP contribution in [0.2, 0.25) is 0 Å². The van der Waals surface area contributed by atoms with E-state index in [1.54, 1.807) is 7.11 Å². The molecule has 0 saturated heterocycles. The van der Waals surface area contributed by atoms with E-state index in [1.165, 1.54) is 21.2 Å². The van der Waals surface area contributed by atoms with Gasteiger partial charge in [-0.3, -0.25) is 19.1 Å². The van der Waals surface area contributed by atoms with Gasteiger partial charge in [0.25, 0.3) is 5.56 Å². The van der Waals surface area contributed by atoms with Gasteiger partial charge in [-0.1, -0.05) is 39.0 Å². The average Bonchev–Trinajstić information content (AvgIpc) is 3.02. The highest BCUT2D eigenvalue weighted by molar-refractivity contribution is 7.99. The Balaban J connectivity index is 2.37. The number of thioether (sulfide) groups is 1. The van der Waals surface area contributed by atoms with E-state index in [1.807, 2.05) is 39.2 Å². The summed E-state index contributed by atoms with van der Waals surface area (Å²) >= 11 is 1.31. The Morgan fingerprint density at radius 1 is 1.27 bits per heavy atom. The normalized spacial score (nSPS) is 11.4. The number of amides is 1. The number of anilines is 2. The van der Waals surface area contributed by atoms with Gasteiger partial charge in [0.15, 0.2) is 10.8 Å². The molecule has 0 radical (unpaired) electrons. The molecule has 2 aromatic rings. The summed E-state index contributed by atoms with van der Waals surface area (Å²) in [6.45, 7) is 11.6. The molecule has 11 heteroatoms. The van der Waals surface area contributed by atoms with Crippen molar-refractivity contribution >= 4 is 29.2 Å². The molecule has 0 aliphatic carbocycles. The predicted octanol–water partition coefficient (Wildman–Crippen LogP) is 2.16. The fourth-order valence-corrected chi connectivity index (χ4v) is 4.44. The molecule has 3 N–H and O–H groups in total. The number of carbonyl (C=O) groups excluding carboxylic acids is 1. The van der Waals surface area contributed by atoms with Crippen molar-refractivity contribution in [3.8, 4) is 0 Å². The van der Waals surface area contributed by atoms with Crippen molar-refractivity contribution < 1.29 is 9.53 Å². The summed E-state index contributed by atoms with van der Waals surface area (Å²) in [5.41, 5.74) is 6.99. The minimum absolute atomic E-state index is 0.0141. The van der Waals surface area contributed by atoms with E-state index in [2.05, 4.69) is 9.97 Å². The molecule has 2 rings (SSSR count). The number of aromatic amines is 1. The summed E-state index contributed by atoms with van der Waals surface area (Å²) in [5.74, 6) is -0.0388. The summed E-state index contributed by atoms with van der Waals surface area (Å²) in [4.78, 5) is 46.7. The zero-order valence-electron chi connectivity index (χ0n) is 20.4. The number of nitrogen functional groups attached to an aromatic ring is 1. The Kier molecular flexibility index (Phi) is 9.78. The van der Waals surface area contributed by atoms with E-state index in [-0.39, 0.29) is 29.1 Å². The Morgan fingerprint density at radius 2 is 1.97 bits per heavy atom. The lowest BCUT2D eigenvalue weighted by Gasteiger charge is -2.24. The maximum Gasteiger partial charge on any atom is 0.330 e. The first-order chi connectivity index (χ1) is 15.6. The minimum atomic E-state index is -0.653. The van der Waals surface area contributed by atoms with Crippen molar-refractivity contribution in [1.82, 2.24) is 19.1 Å². The number of unbranched alkanes of at least 4 members (excludes halogenated alkanes) is 1. The van der Waals surface area contributed by atoms with E-state index in [0.29, 0.717) is 32.7 Å². The zero-order valence-corrected chi connectivity index (χ0v) is 21.3. The van der Waals surface area contributed by atoms with E-state index < -0.39 is 11.2 Å². The van der Waals surface area contributed by atoms with Crippen LogP contribution in [0.5, 0.6) is 0 Å². The van der Waals surface area contributed by atoms with Crippen LogP contribution >= 0.6 is 11.8 Å². The molecule has 33 heavy (non-hydrogen) atoms. The van der Waals surface area contributed by atoms with Gasteiger partial charge in [0.2, 0.25) is 5.91 Å². The molecule has 0 spiro atoms. The van der Waals surface area contributed by atoms with Gasteiger partial charge in [-0.25, -0.2) is 9.78 Å². The van der Waals surface area contributed by atoms with Crippen molar-refractivity contribution in [2.45, 2.75) is 65.7 Å². The van der Waals surface area contributed by atoms with Gasteiger partial charge < -0.3 is 19.9 Å². The molecule has 0 unspecified atom stereocenters. The monoisotopic (exact) mass is 480 g/mol. The van der Waals surface area contributed by atoms with Gasteiger partial charge in [0.1, 0.15) is 5.82 Å². The standard InChI is InChI=1S/C22H36N6O4S/c1-7-8-9-27(18-19(23)28(12-14(2)3)21(31)25-20(18)30)17(29)13-33-22-24-15(4)16(5)26(22)10-11-32-6/h14H,7-13,23H2,1-6H3,(H,25,30,31). The third-order valence-electron chi connectivity index (χ3n) is 5.33. The zero-order chi connectivity index (χ0) is 24.7. The van der Waals surface area contributed by atoms with E-state index in [4.69, 9.17) is 10.5 Å². The third-order valence-corrected chi connectivity index (χ3v) is 6.30. The average molecular weight is 481 g/mol. The Bertz CT molecular complexity index is 1070. The molecule has 0 saturated carbocycles. The first-order valence-electron chi connectivity index (χ1n) is 11.2. The molecule has 0 fully saturated rings. The molecule has 0 aliphatic heterocycles. The SMILES string of the molecule is CCCCN(C(=O)CSc1nc(C)c(C)n1CCOC)c1c(N)n(CC(C)C)c(=O)[nH]c1=O. The highest BCUT2D eigenvalue weighted by Crippen LogP contribution is 2.24. The second-order valence-corrected chi connectivity index (χ2v) is 9.34. The highest BCUT2D eigenvalue weighted by Gasteiger charge is 2.25. The molecular weight excluding hydrogens is 444 g/mol. The molecule has 0 bridgehead atoms. The first kappa shape index (κ1) is 26.7. The number of nitrogens with one attached hydrogen (secondary N) is 1. The summed E-state index contributed by atoms with van der Waals surface area (Å²) in [5, 5.41) is 0.720. The molecule has 1 amide bonds. The van der Waals surface area contributed by atoms with Crippen LogP contribution in [-0.2, 0) is 22.6 Å². The Morgan fingerprint density at radius 3 is 2.58 bits per heavy atom. The van der Waals surface area contributed by atoms with Crippen LogP contribution in [-0.4, -0.2) is 51.0 Å².